The number of carbonyl (C=O) groups excluding carboxylic acids is 1. The van der Waals surface area contributed by atoms with Crippen LogP contribution in [0.1, 0.15) is 20.3 Å². The first-order valence-corrected chi connectivity index (χ1v) is 12.4. The zero-order chi connectivity index (χ0) is 24.3. The fourth-order valence-electron chi connectivity index (χ4n) is 2.94. The lowest BCUT2D eigenvalue weighted by Crippen LogP contribution is -2.34. The van der Waals surface area contributed by atoms with Crippen LogP contribution < -0.4 is 26.2 Å². The fourth-order valence-corrected chi connectivity index (χ4v) is 4.32. The smallest absolute Gasteiger partial charge is 0.323 e. The van der Waals surface area contributed by atoms with Crippen molar-refractivity contribution >= 4 is 37.2 Å². The maximum atomic E-state index is 12.2. The number of nitrogens with one attached hydrogen (secondary N) is 3. The number of hydrazine groups is 1. The molecule has 2 atom stereocenters. The van der Waals surface area contributed by atoms with Crippen molar-refractivity contribution in [1.29, 1.82) is 0 Å². The highest BCUT2D eigenvalue weighted by Crippen LogP contribution is 2.34. The summed E-state index contributed by atoms with van der Waals surface area (Å²) in [6.07, 6.45) is 2.70. The first kappa shape index (κ1) is 25.6. The van der Waals surface area contributed by atoms with Crippen LogP contribution in [0.25, 0.3) is 11.2 Å². The molecular formula is C21H31N8O4P. The Morgan fingerprint density at radius 3 is 2.76 bits per heavy atom. The molecule has 0 saturated carbocycles. The van der Waals surface area contributed by atoms with E-state index in [0.717, 1.165) is 6.42 Å². The van der Waals surface area contributed by atoms with Gasteiger partial charge in [0.2, 0.25) is 5.95 Å². The third-order valence-corrected chi connectivity index (χ3v) is 6.03. The van der Waals surface area contributed by atoms with Crippen LogP contribution in [0, 0.1) is 0 Å². The van der Waals surface area contributed by atoms with Crippen molar-refractivity contribution < 1.29 is 18.8 Å². The Labute approximate surface area is 199 Å². The lowest BCUT2D eigenvalue weighted by molar-refractivity contribution is -0.145. The minimum absolute atomic E-state index is 0.140. The van der Waals surface area contributed by atoms with Crippen molar-refractivity contribution in [1.82, 2.24) is 30.0 Å². The summed E-state index contributed by atoms with van der Waals surface area (Å²) in [5.74, 6) is 1.01. The summed E-state index contributed by atoms with van der Waals surface area (Å²) < 4.78 is 19.0. The quantitative estimate of drug-likeness (QED) is 0.114. The molecule has 34 heavy (non-hydrogen) atoms. The number of imidazole rings is 1. The van der Waals surface area contributed by atoms with Crippen molar-refractivity contribution in [2.75, 3.05) is 37.8 Å². The van der Waals surface area contributed by atoms with Gasteiger partial charge >= 0.3 is 5.97 Å². The van der Waals surface area contributed by atoms with E-state index in [1.165, 1.54) is 0 Å². The molecule has 2 aromatic heterocycles. The van der Waals surface area contributed by atoms with Gasteiger partial charge in [0.15, 0.2) is 25.3 Å². The van der Waals surface area contributed by atoms with Crippen molar-refractivity contribution in [3.05, 3.63) is 36.7 Å². The maximum Gasteiger partial charge on any atom is 0.323 e. The largest absolute Gasteiger partial charge is 0.465 e. The van der Waals surface area contributed by atoms with E-state index in [1.807, 2.05) is 41.8 Å². The van der Waals surface area contributed by atoms with Gasteiger partial charge in [0.25, 0.3) is 0 Å². The van der Waals surface area contributed by atoms with Gasteiger partial charge in [0.1, 0.15) is 18.1 Å². The molecule has 0 aliphatic carbocycles. The van der Waals surface area contributed by atoms with E-state index in [0.29, 0.717) is 42.5 Å². The van der Waals surface area contributed by atoms with Crippen LogP contribution in [0.3, 0.4) is 0 Å². The molecule has 0 saturated heterocycles. The average molecular weight is 491 g/mol. The molecule has 0 bridgehead atoms. The molecule has 3 rings (SSSR count). The number of aromatic nitrogens is 4. The molecule has 184 valence electrons. The lowest BCUT2D eigenvalue weighted by atomic mass is 10.3. The van der Waals surface area contributed by atoms with Crippen LogP contribution in [0.15, 0.2) is 36.7 Å². The molecule has 12 nitrogen and oxygen atoms in total. The second-order valence-corrected chi connectivity index (χ2v) is 8.71. The normalized spacial score (nSPS) is 12.9. The van der Waals surface area contributed by atoms with Gasteiger partial charge in [-0.2, -0.15) is 9.97 Å². The number of nitrogens with two attached hydrogens (primary N) is 1. The van der Waals surface area contributed by atoms with Crippen molar-refractivity contribution in [2.24, 2.45) is 0 Å². The Hall–Kier alpha value is -3.05. The molecule has 0 aliphatic rings. The van der Waals surface area contributed by atoms with E-state index in [2.05, 4.69) is 30.9 Å². The standard InChI is InChI=1S/C21H31N8O4P/c1-4-11-32-20(30)15(2)28-34(33-16-8-6-5-7-9-16)14-31-12-10-29-13-24-17-18(27-23-3)25-21(22)26-19(17)29/h5-9,13,15,23,28H,4,10-12,14H2,1-3H3,(H3,22,25,26,27)/t15-,34?/m0/s1. The van der Waals surface area contributed by atoms with Crippen LogP contribution in [0.2, 0.25) is 0 Å². The number of fused-ring (bicyclic) bond motifs is 1. The Morgan fingerprint density at radius 2 is 2.03 bits per heavy atom. The third-order valence-electron chi connectivity index (χ3n) is 4.51. The highest BCUT2D eigenvalue weighted by atomic mass is 31.2. The fraction of sp³-hybridized carbons (Fsp3) is 0.429. The molecule has 5 N–H and O–H groups in total. The number of nitrogens with zero attached hydrogens (tertiary/aromatic N) is 4. The van der Waals surface area contributed by atoms with Gasteiger partial charge in [-0.15, -0.1) is 0 Å². The summed E-state index contributed by atoms with van der Waals surface area (Å²) in [7, 11) is 0.421. The van der Waals surface area contributed by atoms with Gasteiger partial charge in [-0.25, -0.2) is 15.5 Å². The molecule has 13 heteroatoms. The predicted molar refractivity (Wildman–Crippen MR) is 131 cm³/mol. The number of nitrogen functional groups attached to an aromatic ring is 1. The molecule has 3 aromatic rings. The number of carbonyl (C=O) groups is 1. The van der Waals surface area contributed by atoms with Crippen molar-refractivity contribution in [3.8, 4) is 5.75 Å². The van der Waals surface area contributed by atoms with Gasteiger partial charge in [-0.05, 0) is 25.5 Å². The zero-order valence-corrected chi connectivity index (χ0v) is 20.4. The van der Waals surface area contributed by atoms with Crippen LogP contribution >= 0.6 is 8.30 Å². The molecule has 0 amide bonds. The van der Waals surface area contributed by atoms with Crippen LogP contribution in [0.4, 0.5) is 11.8 Å². The molecule has 1 aromatic carbocycles. The van der Waals surface area contributed by atoms with Crippen molar-refractivity contribution in [3.63, 3.8) is 0 Å². The van der Waals surface area contributed by atoms with E-state index in [4.69, 9.17) is 19.7 Å². The summed E-state index contributed by atoms with van der Waals surface area (Å²) in [5, 5.41) is 3.20. The van der Waals surface area contributed by atoms with E-state index in [1.54, 1.807) is 20.3 Å². The first-order chi connectivity index (χ1) is 16.5. The predicted octanol–water partition coefficient (Wildman–Crippen LogP) is 2.25. The summed E-state index contributed by atoms with van der Waals surface area (Å²) >= 11 is 0. The highest BCUT2D eigenvalue weighted by molar-refractivity contribution is 7.50. The van der Waals surface area contributed by atoms with Crippen LogP contribution in [0.5, 0.6) is 5.75 Å². The number of benzene rings is 1. The average Bonchev–Trinajstić information content (AvgIpc) is 3.23. The second-order valence-electron chi connectivity index (χ2n) is 7.25. The molecule has 1 unspecified atom stereocenters. The maximum absolute atomic E-state index is 12.2. The topological polar surface area (TPSA) is 150 Å². The highest BCUT2D eigenvalue weighted by Gasteiger charge is 2.21. The van der Waals surface area contributed by atoms with E-state index in [9.17, 15) is 4.79 Å². The molecule has 0 spiro atoms. The second kappa shape index (κ2) is 13.0. The summed E-state index contributed by atoms with van der Waals surface area (Å²) in [5.41, 5.74) is 12.7. The molecule has 0 aliphatic heterocycles. The first-order valence-electron chi connectivity index (χ1n) is 10.9. The van der Waals surface area contributed by atoms with Gasteiger partial charge < -0.3 is 29.7 Å². The number of ether oxygens (including phenoxy) is 2. The van der Waals surface area contributed by atoms with Gasteiger partial charge in [0.05, 0.1) is 19.5 Å². The number of hydrogen-bond donors (Lipinski definition) is 4. The zero-order valence-electron chi connectivity index (χ0n) is 19.5. The van der Waals surface area contributed by atoms with Gasteiger partial charge in [-0.1, -0.05) is 25.1 Å². The number of anilines is 2. The Morgan fingerprint density at radius 1 is 1.24 bits per heavy atom. The van der Waals surface area contributed by atoms with Gasteiger partial charge in [-0.3, -0.25) is 4.79 Å². The van der Waals surface area contributed by atoms with Crippen molar-refractivity contribution in [2.45, 2.75) is 32.9 Å². The minimum Gasteiger partial charge on any atom is -0.465 e. The monoisotopic (exact) mass is 490 g/mol. The number of hydrogen-bond acceptors (Lipinski definition) is 11. The van der Waals surface area contributed by atoms with Crippen LogP contribution in [-0.4, -0.2) is 58.1 Å². The Kier molecular flexibility index (Phi) is 9.77. The van der Waals surface area contributed by atoms with Crippen LogP contribution in [-0.2, 0) is 20.8 Å². The number of para-hydroxylation sites is 1. The SMILES string of the molecule is CCCOC(=O)[C@H](C)NP(COCCn1cnc2c(NNC)nc(N)nc21)Oc1ccccc1. The van der Waals surface area contributed by atoms with E-state index in [-0.39, 0.29) is 18.3 Å². The Balaban J connectivity index is 1.59. The summed E-state index contributed by atoms with van der Waals surface area (Å²) in [4.78, 5) is 25.0. The number of rotatable bonds is 14. The molecular weight excluding hydrogens is 459 g/mol. The molecule has 0 fully saturated rings. The molecule has 0 radical (unpaired) electrons. The summed E-state index contributed by atoms with van der Waals surface area (Å²) in [6, 6.07) is 8.87. The van der Waals surface area contributed by atoms with E-state index >= 15 is 0 Å². The third kappa shape index (κ3) is 7.22. The Bertz CT molecular complexity index is 1050. The van der Waals surface area contributed by atoms with E-state index < -0.39 is 14.3 Å². The molecule has 2 heterocycles. The minimum atomic E-state index is -1.30. The lowest BCUT2D eigenvalue weighted by Gasteiger charge is -2.22. The number of esters is 1. The van der Waals surface area contributed by atoms with Gasteiger partial charge in [0, 0.05) is 13.6 Å². The summed E-state index contributed by atoms with van der Waals surface area (Å²) in [6.45, 7) is 4.95.